The van der Waals surface area contributed by atoms with E-state index in [1.54, 1.807) is 7.11 Å². The van der Waals surface area contributed by atoms with Crippen molar-refractivity contribution in [1.82, 2.24) is 0 Å². The van der Waals surface area contributed by atoms with Gasteiger partial charge in [0.05, 0.1) is 12.8 Å². The molecule has 2 rings (SSSR count). The third kappa shape index (κ3) is 4.24. The van der Waals surface area contributed by atoms with Crippen molar-refractivity contribution < 1.29 is 9.53 Å². The molecule has 110 valence electrons. The van der Waals surface area contributed by atoms with Crippen LogP contribution in [0.15, 0.2) is 42.5 Å². The van der Waals surface area contributed by atoms with E-state index in [2.05, 4.69) is 41.8 Å². The Hall–Kier alpha value is -2.49. The molecular weight excluding hydrogens is 264 g/mol. The van der Waals surface area contributed by atoms with Crippen molar-refractivity contribution >= 4 is 17.3 Å². The molecule has 0 unspecified atom stereocenters. The highest BCUT2D eigenvalue weighted by Gasteiger charge is 2.05. The van der Waals surface area contributed by atoms with Gasteiger partial charge >= 0.3 is 0 Å². The van der Waals surface area contributed by atoms with Gasteiger partial charge in [-0.3, -0.25) is 4.79 Å². The van der Waals surface area contributed by atoms with Gasteiger partial charge in [0, 0.05) is 25.2 Å². The maximum atomic E-state index is 11.1. The van der Waals surface area contributed by atoms with Gasteiger partial charge < -0.3 is 15.4 Å². The number of nitrogens with one attached hydrogen (secondary N) is 2. The third-order valence-electron chi connectivity index (χ3n) is 3.13. The Labute approximate surface area is 125 Å². The molecule has 0 aliphatic carbocycles. The van der Waals surface area contributed by atoms with Crippen LogP contribution in [0.4, 0.5) is 11.4 Å². The minimum Gasteiger partial charge on any atom is -0.494 e. The fourth-order valence-corrected chi connectivity index (χ4v) is 2.00. The van der Waals surface area contributed by atoms with Crippen LogP contribution in [0.5, 0.6) is 5.75 Å². The highest BCUT2D eigenvalue weighted by Crippen LogP contribution is 2.28. The zero-order chi connectivity index (χ0) is 15.2. The standard InChI is InChI=1S/C17H20N2O2/c1-12-4-6-14(7-5-12)11-18-15-8-9-16(19-13(2)20)17(10-15)21-3/h4-10,18H,11H2,1-3H3,(H,19,20). The molecule has 2 aromatic carbocycles. The molecule has 0 atom stereocenters. The summed E-state index contributed by atoms with van der Waals surface area (Å²) in [5, 5.41) is 6.08. The van der Waals surface area contributed by atoms with E-state index in [0.29, 0.717) is 11.4 Å². The molecule has 21 heavy (non-hydrogen) atoms. The summed E-state index contributed by atoms with van der Waals surface area (Å²) in [5.74, 6) is 0.521. The molecule has 1 amide bonds. The first kappa shape index (κ1) is 14.9. The first-order valence-corrected chi connectivity index (χ1v) is 6.83. The van der Waals surface area contributed by atoms with E-state index in [1.165, 1.54) is 18.1 Å². The van der Waals surface area contributed by atoms with Crippen LogP contribution in [0.2, 0.25) is 0 Å². The quantitative estimate of drug-likeness (QED) is 0.882. The van der Waals surface area contributed by atoms with Crippen molar-refractivity contribution in [2.45, 2.75) is 20.4 Å². The Kier molecular flexibility index (Phi) is 4.82. The Morgan fingerprint density at radius 3 is 2.48 bits per heavy atom. The van der Waals surface area contributed by atoms with Gasteiger partial charge in [0.2, 0.25) is 5.91 Å². The maximum absolute atomic E-state index is 11.1. The Morgan fingerprint density at radius 2 is 1.86 bits per heavy atom. The van der Waals surface area contributed by atoms with E-state index in [1.807, 2.05) is 18.2 Å². The number of ether oxygens (including phenoxy) is 1. The van der Waals surface area contributed by atoms with Crippen molar-refractivity contribution in [2.24, 2.45) is 0 Å². The van der Waals surface area contributed by atoms with Crippen LogP contribution in [0.1, 0.15) is 18.1 Å². The fourth-order valence-electron chi connectivity index (χ4n) is 2.00. The monoisotopic (exact) mass is 284 g/mol. The number of carbonyl (C=O) groups excluding carboxylic acids is 1. The normalized spacial score (nSPS) is 10.0. The number of anilines is 2. The Balaban J connectivity index is 2.06. The molecule has 0 saturated carbocycles. The summed E-state index contributed by atoms with van der Waals surface area (Å²) < 4.78 is 5.30. The van der Waals surface area contributed by atoms with Gasteiger partial charge in [-0.2, -0.15) is 0 Å². The van der Waals surface area contributed by atoms with Crippen LogP contribution in [0.25, 0.3) is 0 Å². The van der Waals surface area contributed by atoms with Gasteiger partial charge in [-0.1, -0.05) is 29.8 Å². The molecule has 4 heteroatoms. The molecule has 0 heterocycles. The van der Waals surface area contributed by atoms with E-state index in [4.69, 9.17) is 4.74 Å². The lowest BCUT2D eigenvalue weighted by Crippen LogP contribution is -2.07. The highest BCUT2D eigenvalue weighted by molar-refractivity contribution is 5.90. The number of hydrogen-bond donors (Lipinski definition) is 2. The van der Waals surface area contributed by atoms with Crippen molar-refractivity contribution in [3.63, 3.8) is 0 Å². The molecule has 0 radical (unpaired) electrons. The van der Waals surface area contributed by atoms with Gasteiger partial charge in [-0.15, -0.1) is 0 Å². The molecular formula is C17H20N2O2. The van der Waals surface area contributed by atoms with Gasteiger partial charge in [0.15, 0.2) is 0 Å². The second-order valence-corrected chi connectivity index (χ2v) is 4.94. The van der Waals surface area contributed by atoms with Gasteiger partial charge in [-0.05, 0) is 24.6 Å². The SMILES string of the molecule is COc1cc(NCc2ccc(C)cc2)ccc1NC(C)=O. The number of carbonyl (C=O) groups is 1. The lowest BCUT2D eigenvalue weighted by atomic mass is 10.1. The first-order chi connectivity index (χ1) is 10.1. The smallest absolute Gasteiger partial charge is 0.221 e. The summed E-state index contributed by atoms with van der Waals surface area (Å²) in [5.41, 5.74) is 4.08. The lowest BCUT2D eigenvalue weighted by Gasteiger charge is -2.12. The van der Waals surface area contributed by atoms with Crippen LogP contribution in [-0.4, -0.2) is 13.0 Å². The summed E-state index contributed by atoms with van der Waals surface area (Å²) >= 11 is 0. The number of benzene rings is 2. The van der Waals surface area contributed by atoms with E-state index < -0.39 is 0 Å². The van der Waals surface area contributed by atoms with E-state index >= 15 is 0 Å². The number of methoxy groups -OCH3 is 1. The van der Waals surface area contributed by atoms with Gasteiger partial charge in [-0.25, -0.2) is 0 Å². The molecule has 0 fully saturated rings. The van der Waals surface area contributed by atoms with E-state index in [-0.39, 0.29) is 5.91 Å². The molecule has 0 aromatic heterocycles. The number of amides is 1. The molecule has 0 aliphatic heterocycles. The van der Waals surface area contributed by atoms with Crippen LogP contribution < -0.4 is 15.4 Å². The summed E-state index contributed by atoms with van der Waals surface area (Å²) in [6, 6.07) is 14.0. The second kappa shape index (κ2) is 6.79. The van der Waals surface area contributed by atoms with Gasteiger partial charge in [0.25, 0.3) is 0 Å². The third-order valence-corrected chi connectivity index (χ3v) is 3.13. The molecule has 4 nitrogen and oxygen atoms in total. The van der Waals surface area contributed by atoms with Crippen LogP contribution in [0, 0.1) is 6.92 Å². The predicted molar refractivity (Wildman–Crippen MR) is 85.8 cm³/mol. The van der Waals surface area contributed by atoms with Crippen molar-refractivity contribution in [2.75, 3.05) is 17.7 Å². The van der Waals surface area contributed by atoms with Gasteiger partial charge in [0.1, 0.15) is 5.75 Å². The number of aryl methyl sites for hydroxylation is 1. The Morgan fingerprint density at radius 1 is 1.14 bits per heavy atom. The van der Waals surface area contributed by atoms with Crippen LogP contribution in [0.3, 0.4) is 0 Å². The molecule has 0 spiro atoms. The van der Waals surface area contributed by atoms with E-state index in [9.17, 15) is 4.79 Å². The average Bonchev–Trinajstić information content (AvgIpc) is 2.47. The van der Waals surface area contributed by atoms with Crippen molar-refractivity contribution in [3.8, 4) is 5.75 Å². The molecule has 0 saturated heterocycles. The molecule has 2 aromatic rings. The highest BCUT2D eigenvalue weighted by atomic mass is 16.5. The molecule has 0 bridgehead atoms. The Bertz CT molecular complexity index is 621. The summed E-state index contributed by atoms with van der Waals surface area (Å²) in [7, 11) is 1.59. The summed E-state index contributed by atoms with van der Waals surface area (Å²) in [4.78, 5) is 11.1. The van der Waals surface area contributed by atoms with Crippen LogP contribution >= 0.6 is 0 Å². The van der Waals surface area contributed by atoms with Crippen molar-refractivity contribution in [3.05, 3.63) is 53.6 Å². The van der Waals surface area contributed by atoms with Crippen molar-refractivity contribution in [1.29, 1.82) is 0 Å². The average molecular weight is 284 g/mol. The van der Waals surface area contributed by atoms with Crippen LogP contribution in [-0.2, 0) is 11.3 Å². The topological polar surface area (TPSA) is 50.4 Å². The first-order valence-electron chi connectivity index (χ1n) is 6.83. The largest absolute Gasteiger partial charge is 0.494 e. The summed E-state index contributed by atoms with van der Waals surface area (Å²) in [6.45, 7) is 4.29. The molecule has 0 aliphatic rings. The molecule has 2 N–H and O–H groups in total. The minimum absolute atomic E-state index is 0.117. The lowest BCUT2D eigenvalue weighted by molar-refractivity contribution is -0.114. The maximum Gasteiger partial charge on any atom is 0.221 e. The second-order valence-electron chi connectivity index (χ2n) is 4.94. The summed E-state index contributed by atoms with van der Waals surface area (Å²) in [6.07, 6.45) is 0. The zero-order valence-electron chi connectivity index (χ0n) is 12.6. The zero-order valence-corrected chi connectivity index (χ0v) is 12.6. The number of rotatable bonds is 5. The minimum atomic E-state index is -0.117. The van der Waals surface area contributed by atoms with E-state index in [0.717, 1.165) is 12.2 Å². The fraction of sp³-hybridized carbons (Fsp3) is 0.235. The number of hydrogen-bond acceptors (Lipinski definition) is 3. The predicted octanol–water partition coefficient (Wildman–Crippen LogP) is 3.57.